The molecular weight excluding hydrogens is 457 g/mol. The zero-order valence-corrected chi connectivity index (χ0v) is 13.4. The monoisotopic (exact) mass is 469 g/mol. The lowest BCUT2D eigenvalue weighted by molar-refractivity contribution is -0.137. The van der Waals surface area contributed by atoms with E-state index in [4.69, 9.17) is 0 Å². The summed E-state index contributed by atoms with van der Waals surface area (Å²) in [6.45, 7) is 2.04. The van der Waals surface area contributed by atoms with Crippen molar-refractivity contribution in [2.45, 2.75) is 29.5 Å². The maximum absolute atomic E-state index is 12.6. The smallest absolute Gasteiger partial charge is 0.254 e. The van der Waals surface area contributed by atoms with Crippen molar-refractivity contribution >= 4 is 45.5 Å². The van der Waals surface area contributed by atoms with Crippen LogP contribution < -0.4 is 3.53 Å². The molecule has 1 aromatic carbocycles. The number of nitrogens with one attached hydrogen (secondary N) is 1. The highest BCUT2D eigenvalue weighted by Crippen LogP contribution is 2.32. The molecule has 1 nitrogen and oxygen atoms in total. The molecule has 0 fully saturated rings. The van der Waals surface area contributed by atoms with Crippen LogP contribution in [0.15, 0.2) is 24.3 Å². The molecule has 0 spiro atoms. The Hall–Kier alpha value is 0.430. The summed E-state index contributed by atoms with van der Waals surface area (Å²) in [5.41, 5.74) is 0.0884. The molecule has 1 aromatic rings. The van der Waals surface area contributed by atoms with Crippen LogP contribution in [0.3, 0.4) is 0 Å². The van der Waals surface area contributed by atoms with Crippen molar-refractivity contribution in [2.24, 2.45) is 0 Å². The molecule has 0 amide bonds. The van der Waals surface area contributed by atoms with Gasteiger partial charge in [0.25, 0.3) is 0 Å². The molecule has 0 aromatic heterocycles. The number of benzene rings is 1. The first-order valence-corrected chi connectivity index (χ1v) is 7.34. The van der Waals surface area contributed by atoms with Gasteiger partial charge in [0.05, 0.1) is 5.56 Å². The van der Waals surface area contributed by atoms with E-state index < -0.39 is 11.7 Å². The van der Waals surface area contributed by atoms with Crippen molar-refractivity contribution in [1.82, 2.24) is 3.53 Å². The van der Waals surface area contributed by atoms with E-state index in [2.05, 4.69) is 26.1 Å². The largest absolute Gasteiger partial charge is 0.416 e. The molecule has 0 saturated carbocycles. The Morgan fingerprint density at radius 3 is 2.47 bits per heavy atom. The van der Waals surface area contributed by atoms with Crippen LogP contribution in [0.2, 0.25) is 0 Å². The summed E-state index contributed by atoms with van der Waals surface area (Å²) in [4.78, 5) is 0. The van der Waals surface area contributed by atoms with Crippen LogP contribution in [-0.2, 0) is 6.18 Å². The normalized spacial score (nSPS) is 15.6. The lowest BCUT2D eigenvalue weighted by Crippen LogP contribution is -2.15. The highest BCUT2D eigenvalue weighted by Gasteiger charge is 2.30. The highest BCUT2D eigenvalue weighted by molar-refractivity contribution is 14.1. The van der Waals surface area contributed by atoms with E-state index in [-0.39, 0.29) is 6.04 Å². The molecule has 6 heteroatoms. The van der Waals surface area contributed by atoms with Crippen LogP contribution in [0.25, 0.3) is 0 Å². The van der Waals surface area contributed by atoms with Crippen LogP contribution >= 0.6 is 45.5 Å². The first kappa shape index (κ1) is 15.5. The first-order valence-electron chi connectivity index (χ1n) is 5.02. The van der Waals surface area contributed by atoms with Crippen LogP contribution in [0.1, 0.15) is 30.5 Å². The molecule has 0 bridgehead atoms. The van der Waals surface area contributed by atoms with E-state index in [0.717, 1.165) is 12.5 Å². The summed E-state index contributed by atoms with van der Waals surface area (Å²) in [6, 6.07) is 5.45. The molecule has 2 unspecified atom stereocenters. The lowest BCUT2D eigenvalue weighted by atomic mass is 10.0. The van der Waals surface area contributed by atoms with Gasteiger partial charge in [0, 0.05) is 32.8 Å². The second kappa shape index (κ2) is 6.55. The summed E-state index contributed by atoms with van der Waals surface area (Å²) < 4.78 is 41.1. The fourth-order valence-corrected chi connectivity index (χ4v) is 2.62. The standard InChI is InChI=1S/C11H12F3I2N/c1-7(15)5-10(17-16)8-3-2-4-9(6-8)11(12,13)14/h2-4,6-7,10,17H,5H2,1H3. The Labute approximate surface area is 126 Å². The van der Waals surface area contributed by atoms with Gasteiger partial charge >= 0.3 is 6.18 Å². The molecule has 0 heterocycles. The minimum atomic E-state index is -4.28. The second-order valence-electron chi connectivity index (χ2n) is 3.80. The van der Waals surface area contributed by atoms with Crippen molar-refractivity contribution in [3.63, 3.8) is 0 Å². The fraction of sp³-hybridized carbons (Fsp3) is 0.455. The van der Waals surface area contributed by atoms with Gasteiger partial charge in [-0.05, 0) is 24.1 Å². The summed E-state index contributed by atoms with van der Waals surface area (Å²) >= 11 is 4.25. The van der Waals surface area contributed by atoms with Gasteiger partial charge in [0.1, 0.15) is 0 Å². The minimum absolute atomic E-state index is 0.0511. The van der Waals surface area contributed by atoms with Crippen LogP contribution in [-0.4, -0.2) is 3.92 Å². The van der Waals surface area contributed by atoms with Gasteiger partial charge in [0.2, 0.25) is 0 Å². The van der Waals surface area contributed by atoms with E-state index in [9.17, 15) is 13.2 Å². The molecule has 2 atom stereocenters. The van der Waals surface area contributed by atoms with Gasteiger partial charge in [-0.15, -0.1) is 0 Å². The summed E-state index contributed by atoms with van der Waals surface area (Å²) in [7, 11) is 0. The van der Waals surface area contributed by atoms with Gasteiger partial charge < -0.3 is 0 Å². The van der Waals surface area contributed by atoms with Crippen LogP contribution in [0.5, 0.6) is 0 Å². The summed E-state index contributed by atoms with van der Waals surface area (Å²) in [5, 5.41) is 0. The SMILES string of the molecule is CC(I)CC(NI)c1cccc(C(F)(F)F)c1. The molecule has 17 heavy (non-hydrogen) atoms. The van der Waals surface area contributed by atoms with E-state index in [1.54, 1.807) is 6.07 Å². The number of rotatable bonds is 4. The van der Waals surface area contributed by atoms with Crippen molar-refractivity contribution in [3.05, 3.63) is 35.4 Å². The third-order valence-electron chi connectivity index (χ3n) is 2.31. The van der Waals surface area contributed by atoms with Gasteiger partial charge in [-0.3, -0.25) is 3.53 Å². The number of hydrogen-bond donors (Lipinski definition) is 1. The summed E-state index contributed by atoms with van der Waals surface area (Å²) in [6.07, 6.45) is -3.48. The van der Waals surface area contributed by atoms with E-state index >= 15 is 0 Å². The zero-order chi connectivity index (χ0) is 13.1. The quantitative estimate of drug-likeness (QED) is 0.376. The Bertz CT molecular complexity index is 366. The Morgan fingerprint density at radius 2 is 2.00 bits per heavy atom. The van der Waals surface area contributed by atoms with E-state index in [0.29, 0.717) is 9.49 Å². The first-order chi connectivity index (χ1) is 7.84. The van der Waals surface area contributed by atoms with E-state index in [1.807, 2.05) is 29.8 Å². The topological polar surface area (TPSA) is 12.0 Å². The van der Waals surface area contributed by atoms with Gasteiger partial charge in [-0.25, -0.2) is 0 Å². The Balaban J connectivity index is 2.97. The number of hydrogen-bond acceptors (Lipinski definition) is 1. The average Bonchev–Trinajstić information content (AvgIpc) is 2.24. The van der Waals surface area contributed by atoms with Crippen molar-refractivity contribution in [2.75, 3.05) is 0 Å². The molecule has 1 rings (SSSR count). The van der Waals surface area contributed by atoms with Gasteiger partial charge in [-0.2, -0.15) is 13.2 Å². The third-order valence-corrected chi connectivity index (χ3v) is 3.57. The summed E-state index contributed by atoms with van der Waals surface area (Å²) in [5.74, 6) is 0. The molecule has 0 aliphatic rings. The maximum atomic E-state index is 12.6. The fourth-order valence-electron chi connectivity index (χ4n) is 1.50. The molecule has 0 aliphatic carbocycles. The third kappa shape index (κ3) is 4.90. The number of alkyl halides is 4. The zero-order valence-electron chi connectivity index (χ0n) is 9.06. The molecule has 0 radical (unpaired) electrons. The minimum Gasteiger partial charge on any atom is -0.254 e. The molecule has 0 saturated heterocycles. The molecule has 0 aliphatic heterocycles. The van der Waals surface area contributed by atoms with Crippen molar-refractivity contribution in [3.8, 4) is 0 Å². The van der Waals surface area contributed by atoms with Crippen molar-refractivity contribution in [1.29, 1.82) is 0 Å². The average molecular weight is 469 g/mol. The molecule has 1 N–H and O–H groups in total. The van der Waals surface area contributed by atoms with E-state index in [1.165, 1.54) is 12.1 Å². The Kier molecular flexibility index (Phi) is 5.97. The second-order valence-corrected chi connectivity index (χ2v) is 6.55. The number of halogens is 5. The predicted octanol–water partition coefficient (Wildman–Crippen LogP) is 4.90. The Morgan fingerprint density at radius 1 is 1.35 bits per heavy atom. The van der Waals surface area contributed by atoms with Crippen molar-refractivity contribution < 1.29 is 13.2 Å². The van der Waals surface area contributed by atoms with Crippen LogP contribution in [0, 0.1) is 0 Å². The van der Waals surface area contributed by atoms with Gasteiger partial charge in [0.15, 0.2) is 0 Å². The predicted molar refractivity (Wildman–Crippen MR) is 79.4 cm³/mol. The van der Waals surface area contributed by atoms with Crippen LogP contribution in [0.4, 0.5) is 13.2 Å². The molecular formula is C11H12F3I2N. The molecule has 96 valence electrons. The van der Waals surface area contributed by atoms with Gasteiger partial charge in [-0.1, -0.05) is 41.6 Å². The highest BCUT2D eigenvalue weighted by atomic mass is 127. The lowest BCUT2D eigenvalue weighted by Gasteiger charge is -2.18. The maximum Gasteiger partial charge on any atom is 0.416 e.